The van der Waals surface area contributed by atoms with Crippen molar-refractivity contribution in [3.8, 4) is 5.75 Å². The first-order valence-electron chi connectivity index (χ1n) is 6.97. The molecule has 22 heavy (non-hydrogen) atoms. The molecule has 2 N–H and O–H groups in total. The fraction of sp³-hybridized carbons (Fsp3) is 0.235. The molecule has 0 saturated carbocycles. The van der Waals surface area contributed by atoms with Gasteiger partial charge in [-0.05, 0) is 49.7 Å². The molecule has 0 aliphatic heterocycles. The number of carbonyl (C=O) groups excluding carboxylic acids is 1. The van der Waals surface area contributed by atoms with E-state index in [1.54, 1.807) is 62.4 Å². The maximum Gasteiger partial charge on any atom is 0.265 e. The minimum atomic E-state index is -0.673. The van der Waals surface area contributed by atoms with Crippen LogP contribution in [0.3, 0.4) is 0 Å². The number of ether oxygens (including phenoxy) is 1. The molecule has 1 amide bonds. The number of benzene rings is 2. The Morgan fingerprint density at radius 2 is 1.91 bits per heavy atom. The van der Waals surface area contributed by atoms with Gasteiger partial charge in [0.2, 0.25) is 0 Å². The van der Waals surface area contributed by atoms with Crippen LogP contribution in [0, 0.1) is 0 Å². The molecule has 2 atom stereocenters. The van der Waals surface area contributed by atoms with Gasteiger partial charge in [0.05, 0.1) is 6.10 Å². The molecule has 0 aromatic heterocycles. The Morgan fingerprint density at radius 1 is 1.18 bits per heavy atom. The van der Waals surface area contributed by atoms with Crippen molar-refractivity contribution in [2.45, 2.75) is 26.1 Å². The molecule has 2 rings (SSSR count). The Hall–Kier alpha value is -2.04. The number of hydrogen-bond acceptors (Lipinski definition) is 3. The van der Waals surface area contributed by atoms with Gasteiger partial charge in [0.1, 0.15) is 5.75 Å². The highest BCUT2D eigenvalue weighted by Crippen LogP contribution is 2.20. The van der Waals surface area contributed by atoms with Gasteiger partial charge in [-0.15, -0.1) is 0 Å². The van der Waals surface area contributed by atoms with E-state index < -0.39 is 12.2 Å². The average molecular weight is 320 g/mol. The van der Waals surface area contributed by atoms with Crippen molar-refractivity contribution >= 4 is 23.2 Å². The van der Waals surface area contributed by atoms with E-state index in [-0.39, 0.29) is 5.91 Å². The van der Waals surface area contributed by atoms with Crippen molar-refractivity contribution in [1.29, 1.82) is 0 Å². The minimum absolute atomic E-state index is 0.275. The van der Waals surface area contributed by atoms with Crippen LogP contribution in [0.2, 0.25) is 5.02 Å². The third-order valence-electron chi connectivity index (χ3n) is 3.11. The van der Waals surface area contributed by atoms with Crippen molar-refractivity contribution in [2.24, 2.45) is 0 Å². The predicted molar refractivity (Wildman–Crippen MR) is 87.2 cm³/mol. The Balaban J connectivity index is 2.01. The van der Waals surface area contributed by atoms with Crippen molar-refractivity contribution in [3.63, 3.8) is 0 Å². The number of amides is 1. The molecule has 4 nitrogen and oxygen atoms in total. The van der Waals surface area contributed by atoms with Crippen molar-refractivity contribution in [2.75, 3.05) is 5.32 Å². The Labute approximate surface area is 134 Å². The normalized spacial score (nSPS) is 13.3. The van der Waals surface area contributed by atoms with Crippen LogP contribution >= 0.6 is 11.6 Å². The number of halogens is 1. The molecule has 0 radical (unpaired) electrons. The zero-order valence-corrected chi connectivity index (χ0v) is 13.2. The highest BCUT2D eigenvalue weighted by atomic mass is 35.5. The van der Waals surface area contributed by atoms with Gasteiger partial charge in [0.25, 0.3) is 5.91 Å². The van der Waals surface area contributed by atoms with E-state index in [1.807, 2.05) is 0 Å². The molecule has 0 saturated heterocycles. The molecule has 0 spiro atoms. The molecule has 0 fully saturated rings. The smallest absolute Gasteiger partial charge is 0.265 e. The Bertz CT molecular complexity index is 658. The lowest BCUT2D eigenvalue weighted by atomic mass is 10.1. The Morgan fingerprint density at radius 3 is 2.59 bits per heavy atom. The monoisotopic (exact) mass is 319 g/mol. The average Bonchev–Trinajstić information content (AvgIpc) is 2.47. The van der Waals surface area contributed by atoms with E-state index in [4.69, 9.17) is 16.3 Å². The summed E-state index contributed by atoms with van der Waals surface area (Å²) in [6.07, 6.45) is -1.26. The van der Waals surface area contributed by atoms with Crippen LogP contribution in [0.4, 0.5) is 5.69 Å². The van der Waals surface area contributed by atoms with Gasteiger partial charge in [-0.3, -0.25) is 4.79 Å². The molecule has 0 aliphatic rings. The first-order valence-corrected chi connectivity index (χ1v) is 7.34. The molecule has 0 unspecified atom stereocenters. The van der Waals surface area contributed by atoms with Crippen LogP contribution in [-0.2, 0) is 4.79 Å². The summed E-state index contributed by atoms with van der Waals surface area (Å²) >= 11 is 5.88. The lowest BCUT2D eigenvalue weighted by molar-refractivity contribution is -0.122. The third-order valence-corrected chi connectivity index (χ3v) is 3.35. The fourth-order valence-electron chi connectivity index (χ4n) is 1.92. The van der Waals surface area contributed by atoms with E-state index in [9.17, 15) is 9.90 Å². The predicted octanol–water partition coefficient (Wildman–Crippen LogP) is 3.80. The SMILES string of the molecule is C[C@H](Oc1cccc(Cl)c1)C(=O)Nc1cccc([C@H](C)O)c1. The maximum atomic E-state index is 12.2. The van der Waals surface area contributed by atoms with E-state index in [0.717, 1.165) is 5.56 Å². The van der Waals surface area contributed by atoms with E-state index in [0.29, 0.717) is 16.5 Å². The largest absolute Gasteiger partial charge is 0.481 e. The summed E-state index contributed by atoms with van der Waals surface area (Å²) in [4.78, 5) is 12.2. The van der Waals surface area contributed by atoms with Gasteiger partial charge in [-0.25, -0.2) is 0 Å². The number of hydrogen-bond donors (Lipinski definition) is 2. The van der Waals surface area contributed by atoms with Crippen LogP contribution in [0.25, 0.3) is 0 Å². The molecule has 0 aliphatic carbocycles. The van der Waals surface area contributed by atoms with Crippen molar-refractivity contribution in [3.05, 3.63) is 59.1 Å². The van der Waals surface area contributed by atoms with Gasteiger partial charge in [-0.2, -0.15) is 0 Å². The van der Waals surface area contributed by atoms with Crippen LogP contribution in [0.5, 0.6) is 5.75 Å². The maximum absolute atomic E-state index is 12.2. The lowest BCUT2D eigenvalue weighted by Crippen LogP contribution is -2.30. The summed E-state index contributed by atoms with van der Waals surface area (Å²) in [5.74, 6) is 0.260. The van der Waals surface area contributed by atoms with E-state index in [2.05, 4.69) is 5.32 Å². The standard InChI is InChI=1S/C17H18ClNO3/c1-11(20)13-5-3-7-15(9-13)19-17(21)12(2)22-16-8-4-6-14(18)10-16/h3-12,20H,1-2H3,(H,19,21)/t11-,12-/m0/s1. The zero-order chi connectivity index (χ0) is 16.1. The number of rotatable bonds is 5. The molecule has 2 aromatic carbocycles. The minimum Gasteiger partial charge on any atom is -0.481 e. The highest BCUT2D eigenvalue weighted by molar-refractivity contribution is 6.30. The van der Waals surface area contributed by atoms with Crippen LogP contribution in [-0.4, -0.2) is 17.1 Å². The van der Waals surface area contributed by atoms with Crippen molar-refractivity contribution in [1.82, 2.24) is 0 Å². The summed E-state index contributed by atoms with van der Waals surface area (Å²) < 4.78 is 5.56. The zero-order valence-electron chi connectivity index (χ0n) is 12.4. The lowest BCUT2D eigenvalue weighted by Gasteiger charge is -2.15. The molecule has 116 valence electrons. The quantitative estimate of drug-likeness (QED) is 0.881. The Kier molecular flexibility index (Phi) is 5.41. The van der Waals surface area contributed by atoms with Crippen LogP contribution in [0.15, 0.2) is 48.5 Å². The summed E-state index contributed by atoms with van der Waals surface area (Å²) in [6, 6.07) is 14.0. The van der Waals surface area contributed by atoms with Gasteiger partial charge >= 0.3 is 0 Å². The van der Waals surface area contributed by atoms with E-state index in [1.165, 1.54) is 0 Å². The third kappa shape index (κ3) is 4.48. The molecule has 2 aromatic rings. The van der Waals surface area contributed by atoms with Gasteiger partial charge in [-0.1, -0.05) is 29.8 Å². The first kappa shape index (κ1) is 16.3. The second-order valence-corrected chi connectivity index (χ2v) is 5.44. The number of nitrogens with one attached hydrogen (secondary N) is 1. The van der Waals surface area contributed by atoms with Gasteiger partial charge in [0, 0.05) is 10.7 Å². The fourth-order valence-corrected chi connectivity index (χ4v) is 2.10. The number of aliphatic hydroxyl groups excluding tert-OH is 1. The van der Waals surface area contributed by atoms with Gasteiger partial charge < -0.3 is 15.2 Å². The summed E-state index contributed by atoms with van der Waals surface area (Å²) in [5, 5.41) is 12.9. The molecule has 0 heterocycles. The molecule has 0 bridgehead atoms. The molecular formula is C17H18ClNO3. The number of carbonyl (C=O) groups is 1. The van der Waals surface area contributed by atoms with Crippen LogP contribution in [0.1, 0.15) is 25.5 Å². The number of anilines is 1. The second kappa shape index (κ2) is 7.29. The number of aliphatic hydroxyl groups is 1. The van der Waals surface area contributed by atoms with Crippen molar-refractivity contribution < 1.29 is 14.6 Å². The summed E-state index contributed by atoms with van der Waals surface area (Å²) in [6.45, 7) is 3.33. The first-order chi connectivity index (χ1) is 10.5. The second-order valence-electron chi connectivity index (χ2n) is 5.01. The van der Waals surface area contributed by atoms with Gasteiger partial charge in [0.15, 0.2) is 6.10 Å². The van der Waals surface area contributed by atoms with Crippen LogP contribution < -0.4 is 10.1 Å². The highest BCUT2D eigenvalue weighted by Gasteiger charge is 2.15. The molecular weight excluding hydrogens is 302 g/mol. The summed E-state index contributed by atoms with van der Waals surface area (Å²) in [5.41, 5.74) is 1.35. The topological polar surface area (TPSA) is 58.6 Å². The summed E-state index contributed by atoms with van der Waals surface area (Å²) in [7, 11) is 0. The molecule has 5 heteroatoms. The van der Waals surface area contributed by atoms with E-state index >= 15 is 0 Å².